The van der Waals surface area contributed by atoms with E-state index in [0.717, 1.165) is 12.1 Å². The van der Waals surface area contributed by atoms with Gasteiger partial charge in [0.15, 0.2) is 0 Å². The second-order valence-corrected chi connectivity index (χ2v) is 4.90. The van der Waals surface area contributed by atoms with Crippen molar-refractivity contribution in [2.24, 2.45) is 0 Å². The zero-order chi connectivity index (χ0) is 15.4. The van der Waals surface area contributed by atoms with Crippen molar-refractivity contribution in [2.45, 2.75) is 19.9 Å². The summed E-state index contributed by atoms with van der Waals surface area (Å²) in [5.74, 6) is -2.18. The molecule has 0 aliphatic heterocycles. The lowest BCUT2D eigenvalue weighted by atomic mass is 10.1. The molecular formula is C16H16F2N2O. The third kappa shape index (κ3) is 3.56. The molecule has 110 valence electrons. The Morgan fingerprint density at radius 2 is 1.62 bits per heavy atom. The third-order valence-corrected chi connectivity index (χ3v) is 2.82. The Morgan fingerprint density at radius 3 is 2.24 bits per heavy atom. The summed E-state index contributed by atoms with van der Waals surface area (Å²) in [6.45, 7) is 3.87. The van der Waals surface area contributed by atoms with Gasteiger partial charge in [-0.1, -0.05) is 18.2 Å². The fraction of sp³-hybridized carbons (Fsp3) is 0.188. The number of nitrogens with one attached hydrogen (secondary N) is 2. The van der Waals surface area contributed by atoms with Crippen molar-refractivity contribution < 1.29 is 13.6 Å². The molecule has 21 heavy (non-hydrogen) atoms. The maximum atomic E-state index is 13.6. The van der Waals surface area contributed by atoms with E-state index in [-0.39, 0.29) is 6.04 Å². The monoisotopic (exact) mass is 290 g/mol. The summed E-state index contributed by atoms with van der Waals surface area (Å²) in [6, 6.07) is 10.4. The van der Waals surface area contributed by atoms with Gasteiger partial charge in [-0.05, 0) is 38.1 Å². The van der Waals surface area contributed by atoms with Crippen LogP contribution in [0.15, 0.2) is 42.5 Å². The first-order valence-corrected chi connectivity index (χ1v) is 6.60. The van der Waals surface area contributed by atoms with E-state index in [1.165, 1.54) is 6.07 Å². The SMILES string of the molecule is CC(C)Nc1ccccc1C(=O)Nc1c(F)cccc1F. The van der Waals surface area contributed by atoms with Gasteiger partial charge in [0, 0.05) is 11.7 Å². The van der Waals surface area contributed by atoms with E-state index >= 15 is 0 Å². The zero-order valence-corrected chi connectivity index (χ0v) is 11.8. The van der Waals surface area contributed by atoms with Crippen LogP contribution >= 0.6 is 0 Å². The van der Waals surface area contributed by atoms with Gasteiger partial charge in [0.2, 0.25) is 0 Å². The average Bonchev–Trinajstić information content (AvgIpc) is 2.43. The van der Waals surface area contributed by atoms with Crippen molar-refractivity contribution in [2.75, 3.05) is 10.6 Å². The number of hydrogen-bond donors (Lipinski definition) is 2. The minimum Gasteiger partial charge on any atom is -0.382 e. The van der Waals surface area contributed by atoms with Gasteiger partial charge in [-0.25, -0.2) is 8.78 Å². The van der Waals surface area contributed by atoms with E-state index in [0.29, 0.717) is 11.3 Å². The van der Waals surface area contributed by atoms with Gasteiger partial charge >= 0.3 is 0 Å². The molecule has 0 aromatic heterocycles. The van der Waals surface area contributed by atoms with Crippen LogP contribution in [0.3, 0.4) is 0 Å². The first-order valence-electron chi connectivity index (χ1n) is 6.60. The van der Waals surface area contributed by atoms with E-state index < -0.39 is 23.2 Å². The number of hydrogen-bond acceptors (Lipinski definition) is 2. The molecule has 0 fully saturated rings. The van der Waals surface area contributed by atoms with Crippen molar-refractivity contribution in [1.29, 1.82) is 0 Å². The van der Waals surface area contributed by atoms with Crippen LogP contribution in [0, 0.1) is 11.6 Å². The molecule has 5 heteroatoms. The summed E-state index contributed by atoms with van der Waals surface area (Å²) in [5, 5.41) is 5.40. The molecule has 3 nitrogen and oxygen atoms in total. The minimum absolute atomic E-state index is 0.129. The van der Waals surface area contributed by atoms with Crippen molar-refractivity contribution in [1.82, 2.24) is 0 Å². The molecule has 0 atom stereocenters. The van der Waals surface area contributed by atoms with E-state index in [1.807, 2.05) is 13.8 Å². The molecule has 2 rings (SSSR count). The molecule has 0 heterocycles. The van der Waals surface area contributed by atoms with Gasteiger partial charge in [0.25, 0.3) is 5.91 Å². The zero-order valence-electron chi connectivity index (χ0n) is 11.8. The quantitative estimate of drug-likeness (QED) is 0.892. The maximum absolute atomic E-state index is 13.6. The lowest BCUT2D eigenvalue weighted by molar-refractivity contribution is 0.102. The van der Waals surface area contributed by atoms with Gasteiger partial charge in [0.05, 0.1) is 5.56 Å². The van der Waals surface area contributed by atoms with Gasteiger partial charge in [0.1, 0.15) is 17.3 Å². The van der Waals surface area contributed by atoms with E-state index in [9.17, 15) is 13.6 Å². The highest BCUT2D eigenvalue weighted by molar-refractivity contribution is 6.08. The molecule has 0 spiro atoms. The number of carbonyl (C=O) groups is 1. The van der Waals surface area contributed by atoms with Crippen LogP contribution in [0.2, 0.25) is 0 Å². The number of amides is 1. The number of rotatable bonds is 4. The third-order valence-electron chi connectivity index (χ3n) is 2.82. The Bertz CT molecular complexity index is 636. The molecule has 0 aliphatic rings. The van der Waals surface area contributed by atoms with Crippen LogP contribution in [0.5, 0.6) is 0 Å². The van der Waals surface area contributed by atoms with Crippen LogP contribution in [0.4, 0.5) is 20.2 Å². The summed E-state index contributed by atoms with van der Waals surface area (Å²) < 4.78 is 27.1. The highest BCUT2D eigenvalue weighted by Gasteiger charge is 2.16. The highest BCUT2D eigenvalue weighted by Crippen LogP contribution is 2.22. The van der Waals surface area contributed by atoms with Crippen LogP contribution < -0.4 is 10.6 Å². The van der Waals surface area contributed by atoms with Gasteiger partial charge < -0.3 is 10.6 Å². The van der Waals surface area contributed by atoms with Crippen LogP contribution in [-0.2, 0) is 0 Å². The van der Waals surface area contributed by atoms with Crippen molar-refractivity contribution in [3.8, 4) is 0 Å². The average molecular weight is 290 g/mol. The van der Waals surface area contributed by atoms with Crippen LogP contribution in [0.1, 0.15) is 24.2 Å². The summed E-state index contributed by atoms with van der Waals surface area (Å²) in [4.78, 5) is 12.2. The first-order chi connectivity index (χ1) is 9.99. The molecule has 0 bridgehead atoms. The fourth-order valence-corrected chi connectivity index (χ4v) is 1.92. The lowest BCUT2D eigenvalue weighted by Crippen LogP contribution is -2.18. The number of para-hydroxylation sites is 2. The number of halogens is 2. The van der Waals surface area contributed by atoms with Crippen LogP contribution in [0.25, 0.3) is 0 Å². The van der Waals surface area contributed by atoms with Gasteiger partial charge in [-0.15, -0.1) is 0 Å². The second kappa shape index (κ2) is 6.35. The normalized spacial score (nSPS) is 10.5. The highest BCUT2D eigenvalue weighted by atomic mass is 19.1. The van der Waals surface area contributed by atoms with E-state index in [2.05, 4.69) is 10.6 Å². The number of carbonyl (C=O) groups excluding carboxylic acids is 1. The van der Waals surface area contributed by atoms with Crippen molar-refractivity contribution >= 4 is 17.3 Å². The summed E-state index contributed by atoms with van der Waals surface area (Å²) in [5.41, 5.74) is 0.498. The van der Waals surface area contributed by atoms with Crippen molar-refractivity contribution in [3.63, 3.8) is 0 Å². The lowest BCUT2D eigenvalue weighted by Gasteiger charge is -2.15. The Labute approximate surface area is 122 Å². The molecule has 0 radical (unpaired) electrons. The fourth-order valence-electron chi connectivity index (χ4n) is 1.92. The Kier molecular flexibility index (Phi) is 4.52. The van der Waals surface area contributed by atoms with Gasteiger partial charge in [-0.2, -0.15) is 0 Å². The molecule has 0 unspecified atom stereocenters. The minimum atomic E-state index is -0.808. The predicted octanol–water partition coefficient (Wildman–Crippen LogP) is 4.04. The van der Waals surface area contributed by atoms with Crippen molar-refractivity contribution in [3.05, 3.63) is 59.7 Å². The summed E-state index contributed by atoms with van der Waals surface area (Å²) in [6.07, 6.45) is 0. The standard InChI is InChI=1S/C16H16F2N2O/c1-10(2)19-14-9-4-3-6-11(14)16(21)20-15-12(17)7-5-8-13(15)18/h3-10,19H,1-2H3,(H,20,21). The van der Waals surface area contributed by atoms with E-state index in [4.69, 9.17) is 0 Å². The van der Waals surface area contributed by atoms with Gasteiger partial charge in [-0.3, -0.25) is 4.79 Å². The second-order valence-electron chi connectivity index (χ2n) is 4.90. The largest absolute Gasteiger partial charge is 0.382 e. The number of anilines is 2. The smallest absolute Gasteiger partial charge is 0.257 e. The Balaban J connectivity index is 2.29. The predicted molar refractivity (Wildman–Crippen MR) is 79.5 cm³/mol. The summed E-state index contributed by atoms with van der Waals surface area (Å²) >= 11 is 0. The van der Waals surface area contributed by atoms with E-state index in [1.54, 1.807) is 24.3 Å². The molecule has 2 N–H and O–H groups in total. The first kappa shape index (κ1) is 15.0. The molecule has 1 amide bonds. The molecule has 0 aliphatic carbocycles. The molecule has 0 saturated carbocycles. The topological polar surface area (TPSA) is 41.1 Å². The molecular weight excluding hydrogens is 274 g/mol. The van der Waals surface area contributed by atoms with Crippen LogP contribution in [-0.4, -0.2) is 11.9 Å². The summed E-state index contributed by atoms with van der Waals surface area (Å²) in [7, 11) is 0. The molecule has 2 aromatic carbocycles. The maximum Gasteiger partial charge on any atom is 0.257 e. The number of benzene rings is 2. The molecule has 0 saturated heterocycles. The Hall–Kier alpha value is -2.43. The Morgan fingerprint density at radius 1 is 1.00 bits per heavy atom. The molecule has 2 aromatic rings.